The van der Waals surface area contributed by atoms with Gasteiger partial charge in [-0.05, 0) is 12.8 Å². The number of halogens is 6. The quantitative estimate of drug-likeness (QED) is 0.582. The largest absolute Gasteiger partial charge is 0.481 e. The zero-order chi connectivity index (χ0) is 13.4. The van der Waals surface area contributed by atoms with E-state index in [1.807, 2.05) is 0 Å². The van der Waals surface area contributed by atoms with Crippen LogP contribution in [0.1, 0.15) is 12.8 Å². The first-order chi connectivity index (χ1) is 7.51. The fraction of sp³-hybridized carbons (Fsp3) is 0.667. The molecular formula is C9H8F6O2. The third-order valence-electron chi connectivity index (χ3n) is 2.55. The van der Waals surface area contributed by atoms with Crippen LogP contribution in [0.2, 0.25) is 0 Å². The third kappa shape index (κ3) is 3.37. The molecule has 1 aliphatic rings. The van der Waals surface area contributed by atoms with Gasteiger partial charge in [0.05, 0.1) is 11.8 Å². The van der Waals surface area contributed by atoms with Crippen molar-refractivity contribution in [3.63, 3.8) is 0 Å². The van der Waals surface area contributed by atoms with Crippen molar-refractivity contribution < 1.29 is 36.2 Å². The maximum Gasteiger partial charge on any atom is 0.412 e. The lowest BCUT2D eigenvalue weighted by Crippen LogP contribution is -2.33. The van der Waals surface area contributed by atoms with E-state index in [4.69, 9.17) is 5.11 Å². The van der Waals surface area contributed by atoms with Gasteiger partial charge in [0.25, 0.3) is 0 Å². The lowest BCUT2D eigenvalue weighted by molar-refractivity contribution is -0.186. The lowest BCUT2D eigenvalue weighted by Gasteiger charge is -2.29. The summed E-state index contributed by atoms with van der Waals surface area (Å²) in [5.74, 6) is -5.68. The fourth-order valence-corrected chi connectivity index (χ4v) is 1.67. The van der Waals surface area contributed by atoms with Gasteiger partial charge in [0, 0.05) is 5.57 Å². The third-order valence-corrected chi connectivity index (χ3v) is 2.55. The molecule has 2 atom stereocenters. The fourth-order valence-electron chi connectivity index (χ4n) is 1.67. The number of hydrogen-bond donors (Lipinski definition) is 1. The van der Waals surface area contributed by atoms with Crippen LogP contribution in [0.3, 0.4) is 0 Å². The van der Waals surface area contributed by atoms with Crippen molar-refractivity contribution in [1.29, 1.82) is 0 Å². The Kier molecular flexibility index (Phi) is 3.45. The van der Waals surface area contributed by atoms with E-state index in [1.54, 1.807) is 0 Å². The predicted molar refractivity (Wildman–Crippen MR) is 44.0 cm³/mol. The molecule has 0 aromatic heterocycles. The predicted octanol–water partition coefficient (Wildman–Crippen LogP) is 3.15. The smallest absolute Gasteiger partial charge is 0.412 e. The van der Waals surface area contributed by atoms with Gasteiger partial charge in [-0.3, -0.25) is 4.79 Å². The number of hydrogen-bond acceptors (Lipinski definition) is 1. The molecule has 98 valence electrons. The molecule has 8 heteroatoms. The number of rotatable bonds is 1. The van der Waals surface area contributed by atoms with Gasteiger partial charge in [0.1, 0.15) is 0 Å². The van der Waals surface area contributed by atoms with E-state index < -0.39 is 48.6 Å². The van der Waals surface area contributed by atoms with Crippen LogP contribution >= 0.6 is 0 Å². The Balaban J connectivity index is 3.03. The van der Waals surface area contributed by atoms with Gasteiger partial charge in [0.15, 0.2) is 0 Å². The SMILES string of the molecule is O=C(O)C1C=C(C(F)(F)F)CC(C(F)(F)F)C1. The van der Waals surface area contributed by atoms with Gasteiger partial charge >= 0.3 is 18.3 Å². The van der Waals surface area contributed by atoms with Crippen molar-refractivity contribution in [3.8, 4) is 0 Å². The molecule has 17 heavy (non-hydrogen) atoms. The second kappa shape index (κ2) is 4.23. The highest BCUT2D eigenvalue weighted by molar-refractivity contribution is 5.72. The number of carbonyl (C=O) groups is 1. The highest BCUT2D eigenvalue weighted by atomic mass is 19.4. The van der Waals surface area contributed by atoms with Gasteiger partial charge in [0.2, 0.25) is 0 Å². The summed E-state index contributed by atoms with van der Waals surface area (Å²) in [6.07, 6.45) is -11.4. The number of aliphatic carboxylic acids is 1. The van der Waals surface area contributed by atoms with E-state index >= 15 is 0 Å². The Morgan fingerprint density at radius 1 is 1.24 bits per heavy atom. The summed E-state index contributed by atoms with van der Waals surface area (Å²) in [5.41, 5.74) is -1.42. The molecule has 1 rings (SSSR count). The number of alkyl halides is 6. The normalized spacial score (nSPS) is 26.6. The highest BCUT2D eigenvalue weighted by Gasteiger charge is 2.48. The first-order valence-corrected chi connectivity index (χ1v) is 4.59. The average molecular weight is 262 g/mol. The van der Waals surface area contributed by atoms with Crippen LogP contribution in [-0.2, 0) is 4.79 Å². The summed E-state index contributed by atoms with van der Waals surface area (Å²) < 4.78 is 74.0. The van der Waals surface area contributed by atoms with E-state index in [2.05, 4.69) is 0 Å². The van der Waals surface area contributed by atoms with Crippen LogP contribution in [0.4, 0.5) is 26.3 Å². The second-order valence-corrected chi connectivity index (χ2v) is 3.81. The van der Waals surface area contributed by atoms with E-state index in [1.165, 1.54) is 0 Å². The lowest BCUT2D eigenvalue weighted by atomic mass is 9.81. The van der Waals surface area contributed by atoms with Gasteiger partial charge in [-0.2, -0.15) is 26.3 Å². The Labute approximate surface area is 91.9 Å². The van der Waals surface area contributed by atoms with E-state index in [-0.39, 0.29) is 0 Å². The first-order valence-electron chi connectivity index (χ1n) is 4.59. The van der Waals surface area contributed by atoms with Crippen molar-refractivity contribution in [2.45, 2.75) is 25.2 Å². The minimum Gasteiger partial charge on any atom is -0.481 e. The van der Waals surface area contributed by atoms with E-state index in [0.717, 1.165) is 0 Å². The molecule has 0 bridgehead atoms. The molecule has 1 N–H and O–H groups in total. The number of carboxylic acid groups (broad SMARTS) is 1. The molecule has 0 aromatic carbocycles. The number of allylic oxidation sites excluding steroid dienone is 1. The zero-order valence-corrected chi connectivity index (χ0v) is 8.27. The van der Waals surface area contributed by atoms with E-state index in [9.17, 15) is 31.1 Å². The molecule has 0 heterocycles. The molecule has 0 aliphatic heterocycles. The second-order valence-electron chi connectivity index (χ2n) is 3.81. The van der Waals surface area contributed by atoms with Crippen molar-refractivity contribution >= 4 is 5.97 Å². The minimum atomic E-state index is -4.92. The molecule has 0 radical (unpaired) electrons. The Morgan fingerprint density at radius 2 is 1.76 bits per heavy atom. The summed E-state index contributed by atoms with van der Waals surface area (Å²) in [6, 6.07) is 0. The first kappa shape index (κ1) is 13.9. The van der Waals surface area contributed by atoms with E-state index in [0.29, 0.717) is 6.08 Å². The molecule has 2 nitrogen and oxygen atoms in total. The Bertz CT molecular complexity index is 340. The summed E-state index contributed by atoms with van der Waals surface area (Å²) in [4.78, 5) is 10.5. The summed E-state index contributed by atoms with van der Waals surface area (Å²) >= 11 is 0. The van der Waals surface area contributed by atoms with Crippen LogP contribution in [-0.4, -0.2) is 23.4 Å². The Hall–Kier alpha value is -1.21. The average Bonchev–Trinajstić information content (AvgIpc) is 2.14. The molecular weight excluding hydrogens is 254 g/mol. The highest BCUT2D eigenvalue weighted by Crippen LogP contribution is 2.44. The molecule has 0 saturated heterocycles. The van der Waals surface area contributed by atoms with Gasteiger partial charge in [-0.25, -0.2) is 0 Å². The molecule has 0 fully saturated rings. The summed E-state index contributed by atoms with van der Waals surface area (Å²) in [5, 5.41) is 8.53. The maximum atomic E-state index is 12.4. The molecule has 2 unspecified atom stereocenters. The van der Waals surface area contributed by atoms with Gasteiger partial charge in [-0.1, -0.05) is 6.08 Å². The zero-order valence-electron chi connectivity index (χ0n) is 8.27. The monoisotopic (exact) mass is 262 g/mol. The Morgan fingerprint density at radius 3 is 2.12 bits per heavy atom. The van der Waals surface area contributed by atoms with Crippen LogP contribution in [0, 0.1) is 11.8 Å². The topological polar surface area (TPSA) is 37.3 Å². The molecule has 0 amide bonds. The van der Waals surface area contributed by atoms with Crippen LogP contribution in [0.25, 0.3) is 0 Å². The van der Waals surface area contributed by atoms with Crippen molar-refractivity contribution in [2.24, 2.45) is 11.8 Å². The molecule has 0 spiro atoms. The van der Waals surface area contributed by atoms with Crippen LogP contribution in [0.15, 0.2) is 11.6 Å². The molecule has 0 aromatic rings. The standard InChI is InChI=1S/C9H8F6O2/c10-8(11,12)5-1-4(7(16)17)2-6(3-5)9(13,14)15/h1,4,6H,2-3H2,(H,16,17). The minimum absolute atomic E-state index is 0.366. The maximum absolute atomic E-state index is 12.4. The van der Waals surface area contributed by atoms with Crippen LogP contribution < -0.4 is 0 Å². The summed E-state index contributed by atoms with van der Waals surface area (Å²) in [6.45, 7) is 0. The van der Waals surface area contributed by atoms with Crippen molar-refractivity contribution in [1.82, 2.24) is 0 Å². The number of carboxylic acids is 1. The molecule has 0 saturated carbocycles. The van der Waals surface area contributed by atoms with Gasteiger partial charge in [-0.15, -0.1) is 0 Å². The van der Waals surface area contributed by atoms with Gasteiger partial charge < -0.3 is 5.11 Å². The van der Waals surface area contributed by atoms with Crippen LogP contribution in [0.5, 0.6) is 0 Å². The van der Waals surface area contributed by atoms with Crippen molar-refractivity contribution in [2.75, 3.05) is 0 Å². The summed E-state index contributed by atoms with van der Waals surface area (Å²) in [7, 11) is 0. The molecule has 1 aliphatic carbocycles. The van der Waals surface area contributed by atoms with Crippen molar-refractivity contribution in [3.05, 3.63) is 11.6 Å².